The summed E-state index contributed by atoms with van der Waals surface area (Å²) in [5, 5.41) is 11.9. The van der Waals surface area contributed by atoms with E-state index >= 15 is 0 Å². The molecule has 1 aromatic carbocycles. The van der Waals surface area contributed by atoms with Crippen LogP contribution in [-0.2, 0) is 4.79 Å². The van der Waals surface area contributed by atoms with Gasteiger partial charge in [0.25, 0.3) is 0 Å². The quantitative estimate of drug-likeness (QED) is 0.769. The maximum atomic E-state index is 10.8. The van der Waals surface area contributed by atoms with Gasteiger partial charge in [-0.2, -0.15) is 0 Å². The van der Waals surface area contributed by atoms with Gasteiger partial charge in [0.15, 0.2) is 0 Å². The first kappa shape index (κ1) is 10.2. The van der Waals surface area contributed by atoms with Gasteiger partial charge in [0.1, 0.15) is 6.04 Å². The molecule has 15 heavy (non-hydrogen) atoms. The molecule has 0 radical (unpaired) electrons. The number of carboxylic acid groups (broad SMARTS) is 1. The third-order valence-corrected chi connectivity index (χ3v) is 3.06. The van der Waals surface area contributed by atoms with Crippen molar-refractivity contribution in [2.24, 2.45) is 0 Å². The lowest BCUT2D eigenvalue weighted by atomic mass is 9.93. The lowest BCUT2D eigenvalue weighted by Crippen LogP contribution is -2.29. The zero-order chi connectivity index (χ0) is 10.8. The Morgan fingerprint density at radius 2 is 2.20 bits per heavy atom. The van der Waals surface area contributed by atoms with Crippen LogP contribution in [0, 0.1) is 6.92 Å². The van der Waals surface area contributed by atoms with E-state index in [9.17, 15) is 4.79 Å². The van der Waals surface area contributed by atoms with E-state index in [1.807, 2.05) is 12.1 Å². The van der Waals surface area contributed by atoms with E-state index < -0.39 is 5.97 Å². The van der Waals surface area contributed by atoms with E-state index in [-0.39, 0.29) is 6.04 Å². The number of benzene rings is 1. The second-order valence-electron chi connectivity index (χ2n) is 4.09. The molecule has 0 bridgehead atoms. The number of hydrogen-bond donors (Lipinski definition) is 2. The molecular formula is C12H15NO2. The van der Waals surface area contributed by atoms with Gasteiger partial charge < -0.3 is 10.4 Å². The SMILES string of the molecule is Cc1ccccc1[C@@H]1CN[C@H](C(=O)O)C1. The fourth-order valence-corrected chi connectivity index (χ4v) is 2.21. The largest absolute Gasteiger partial charge is 0.480 e. The molecule has 1 aliphatic heterocycles. The minimum absolute atomic E-state index is 0.340. The molecule has 0 unspecified atom stereocenters. The van der Waals surface area contributed by atoms with Crippen molar-refractivity contribution < 1.29 is 9.90 Å². The fourth-order valence-electron chi connectivity index (χ4n) is 2.21. The average Bonchev–Trinajstić information content (AvgIpc) is 2.67. The molecule has 3 nitrogen and oxygen atoms in total. The number of carbonyl (C=O) groups is 1. The molecule has 1 aromatic rings. The molecule has 80 valence electrons. The first-order valence-corrected chi connectivity index (χ1v) is 5.20. The molecule has 3 heteroatoms. The molecule has 1 saturated heterocycles. The first-order valence-electron chi connectivity index (χ1n) is 5.20. The predicted octanol–water partition coefficient (Wildman–Crippen LogP) is 1.53. The van der Waals surface area contributed by atoms with Crippen molar-refractivity contribution in [3.8, 4) is 0 Å². The van der Waals surface area contributed by atoms with Crippen molar-refractivity contribution in [3.63, 3.8) is 0 Å². The summed E-state index contributed by atoms with van der Waals surface area (Å²) in [5.74, 6) is -0.404. The minimum Gasteiger partial charge on any atom is -0.480 e. The number of aliphatic carboxylic acids is 1. The zero-order valence-corrected chi connectivity index (χ0v) is 8.73. The summed E-state index contributed by atoms with van der Waals surface area (Å²) in [6, 6.07) is 7.80. The van der Waals surface area contributed by atoms with Crippen LogP contribution in [0.15, 0.2) is 24.3 Å². The Balaban J connectivity index is 2.14. The highest BCUT2D eigenvalue weighted by Crippen LogP contribution is 2.27. The van der Waals surface area contributed by atoms with Gasteiger partial charge in [-0.25, -0.2) is 0 Å². The molecule has 0 amide bonds. The molecule has 2 N–H and O–H groups in total. The van der Waals surface area contributed by atoms with E-state index in [2.05, 4.69) is 24.4 Å². The molecule has 1 aliphatic rings. The number of carboxylic acids is 1. The Hall–Kier alpha value is -1.35. The molecule has 0 saturated carbocycles. The smallest absolute Gasteiger partial charge is 0.320 e. The van der Waals surface area contributed by atoms with Gasteiger partial charge in [0.05, 0.1) is 0 Å². The Kier molecular flexibility index (Phi) is 2.73. The van der Waals surface area contributed by atoms with Gasteiger partial charge >= 0.3 is 5.97 Å². The Labute approximate surface area is 89.1 Å². The van der Waals surface area contributed by atoms with Crippen LogP contribution in [0.1, 0.15) is 23.5 Å². The van der Waals surface area contributed by atoms with E-state index in [1.54, 1.807) is 0 Å². The van der Waals surface area contributed by atoms with Gasteiger partial charge in [-0.1, -0.05) is 24.3 Å². The fraction of sp³-hybridized carbons (Fsp3) is 0.417. The van der Waals surface area contributed by atoms with Crippen LogP contribution in [0.2, 0.25) is 0 Å². The van der Waals surface area contributed by atoms with E-state index in [4.69, 9.17) is 5.11 Å². The maximum Gasteiger partial charge on any atom is 0.320 e. The third kappa shape index (κ3) is 2.02. The lowest BCUT2D eigenvalue weighted by Gasteiger charge is -2.11. The van der Waals surface area contributed by atoms with E-state index in [1.165, 1.54) is 11.1 Å². The summed E-state index contributed by atoms with van der Waals surface area (Å²) >= 11 is 0. The van der Waals surface area contributed by atoms with Crippen molar-refractivity contribution in [3.05, 3.63) is 35.4 Å². The number of hydrogen-bond acceptors (Lipinski definition) is 2. The molecule has 1 heterocycles. The maximum absolute atomic E-state index is 10.8. The molecule has 2 atom stereocenters. The Morgan fingerprint density at radius 1 is 1.47 bits per heavy atom. The third-order valence-electron chi connectivity index (χ3n) is 3.06. The average molecular weight is 205 g/mol. The highest BCUT2D eigenvalue weighted by molar-refractivity contribution is 5.74. The van der Waals surface area contributed by atoms with E-state index in [0.717, 1.165) is 6.54 Å². The molecule has 0 aliphatic carbocycles. The highest BCUT2D eigenvalue weighted by Gasteiger charge is 2.30. The second kappa shape index (κ2) is 4.03. The minimum atomic E-state index is -0.744. The Morgan fingerprint density at radius 3 is 2.80 bits per heavy atom. The standard InChI is InChI=1S/C12H15NO2/c1-8-4-2-3-5-10(8)9-6-11(12(14)15)13-7-9/h2-5,9,11,13H,6-7H2,1H3,(H,14,15)/t9-,11-/m0/s1. The Bertz CT molecular complexity index is 376. The van der Waals surface area contributed by atoms with E-state index in [0.29, 0.717) is 12.3 Å². The summed E-state index contributed by atoms with van der Waals surface area (Å²) < 4.78 is 0. The summed E-state index contributed by atoms with van der Waals surface area (Å²) in [4.78, 5) is 10.8. The van der Waals surface area contributed by atoms with Gasteiger partial charge in [-0.15, -0.1) is 0 Å². The molecule has 1 fully saturated rings. The van der Waals surface area contributed by atoms with Crippen molar-refractivity contribution >= 4 is 5.97 Å². The van der Waals surface area contributed by atoms with Crippen LogP contribution in [0.4, 0.5) is 0 Å². The highest BCUT2D eigenvalue weighted by atomic mass is 16.4. The van der Waals surface area contributed by atoms with Crippen LogP contribution in [0.3, 0.4) is 0 Å². The van der Waals surface area contributed by atoms with Gasteiger partial charge in [0.2, 0.25) is 0 Å². The number of nitrogens with one attached hydrogen (secondary N) is 1. The van der Waals surface area contributed by atoms with Crippen LogP contribution < -0.4 is 5.32 Å². The lowest BCUT2D eigenvalue weighted by molar-refractivity contribution is -0.139. The van der Waals surface area contributed by atoms with Crippen LogP contribution in [0.5, 0.6) is 0 Å². The summed E-state index contributed by atoms with van der Waals surface area (Å²) in [7, 11) is 0. The molecule has 0 spiro atoms. The van der Waals surface area contributed by atoms with Crippen LogP contribution in [0.25, 0.3) is 0 Å². The van der Waals surface area contributed by atoms with Crippen molar-refractivity contribution in [2.45, 2.75) is 25.3 Å². The van der Waals surface area contributed by atoms with Crippen molar-refractivity contribution in [1.29, 1.82) is 0 Å². The monoisotopic (exact) mass is 205 g/mol. The summed E-state index contributed by atoms with van der Waals surface area (Å²) in [5.41, 5.74) is 2.52. The van der Waals surface area contributed by atoms with Gasteiger partial charge in [0, 0.05) is 6.54 Å². The summed E-state index contributed by atoms with van der Waals surface area (Å²) in [6.07, 6.45) is 0.695. The van der Waals surface area contributed by atoms with Crippen LogP contribution >= 0.6 is 0 Å². The van der Waals surface area contributed by atoms with Crippen molar-refractivity contribution in [2.75, 3.05) is 6.54 Å². The molecular weight excluding hydrogens is 190 g/mol. The normalized spacial score (nSPS) is 25.4. The molecule has 2 rings (SSSR count). The number of rotatable bonds is 2. The zero-order valence-electron chi connectivity index (χ0n) is 8.73. The predicted molar refractivity (Wildman–Crippen MR) is 58.0 cm³/mol. The van der Waals surface area contributed by atoms with Gasteiger partial charge in [-0.3, -0.25) is 4.79 Å². The van der Waals surface area contributed by atoms with Crippen LogP contribution in [-0.4, -0.2) is 23.7 Å². The van der Waals surface area contributed by atoms with Gasteiger partial charge in [-0.05, 0) is 30.4 Å². The topological polar surface area (TPSA) is 49.3 Å². The second-order valence-corrected chi connectivity index (χ2v) is 4.09. The first-order chi connectivity index (χ1) is 7.18. The summed E-state index contributed by atoms with van der Waals surface area (Å²) in [6.45, 7) is 2.84. The molecule has 0 aromatic heterocycles. The number of aryl methyl sites for hydroxylation is 1. The van der Waals surface area contributed by atoms with Crippen molar-refractivity contribution in [1.82, 2.24) is 5.32 Å².